The number of hydrogen-bond donors (Lipinski definition) is 3. The second kappa shape index (κ2) is 3.45. The summed E-state index contributed by atoms with van der Waals surface area (Å²) in [5.41, 5.74) is 0.228. The van der Waals surface area contributed by atoms with Gasteiger partial charge in [-0.3, -0.25) is 4.79 Å². The van der Waals surface area contributed by atoms with E-state index in [0.717, 1.165) is 6.21 Å². The van der Waals surface area contributed by atoms with Crippen LogP contribution in [0.25, 0.3) is 10.9 Å². The molecule has 0 saturated carbocycles. The quantitative estimate of drug-likeness (QED) is 0.358. The highest BCUT2D eigenvalue weighted by Gasteiger charge is 2.08. The number of rotatable bonds is 1. The van der Waals surface area contributed by atoms with E-state index in [0.29, 0.717) is 10.9 Å². The Hall–Kier alpha value is -2.30. The van der Waals surface area contributed by atoms with E-state index >= 15 is 0 Å². The zero-order chi connectivity index (χ0) is 10.8. The van der Waals surface area contributed by atoms with Crippen LogP contribution in [-0.4, -0.2) is 16.3 Å². The van der Waals surface area contributed by atoms with Gasteiger partial charge in [0.25, 0.3) is 5.56 Å². The minimum Gasteiger partial charge on any atom is -0.506 e. The van der Waals surface area contributed by atoms with Crippen molar-refractivity contribution in [3.8, 4) is 5.75 Å². The number of pyridine rings is 1. The molecule has 0 aliphatic heterocycles. The van der Waals surface area contributed by atoms with Crippen LogP contribution in [0, 0.1) is 0 Å². The van der Waals surface area contributed by atoms with Crippen molar-refractivity contribution < 1.29 is 5.11 Å². The maximum atomic E-state index is 11.5. The molecule has 0 spiro atoms. The predicted octanol–water partition coefficient (Wildman–Crippen LogP) is 0.526. The van der Waals surface area contributed by atoms with Gasteiger partial charge in [-0.1, -0.05) is 12.1 Å². The fraction of sp³-hybridized carbons (Fsp3) is 0. The monoisotopic (exact) mass is 203 g/mol. The average molecular weight is 203 g/mol. The van der Waals surface area contributed by atoms with Crippen molar-refractivity contribution in [1.82, 2.24) is 4.98 Å². The summed E-state index contributed by atoms with van der Waals surface area (Å²) in [5, 5.41) is 13.6. The number of H-pyrrole nitrogens is 1. The van der Waals surface area contributed by atoms with Gasteiger partial charge in [0.1, 0.15) is 11.3 Å². The fourth-order valence-corrected chi connectivity index (χ4v) is 1.44. The summed E-state index contributed by atoms with van der Waals surface area (Å²) in [6, 6.07) is 6.95. The van der Waals surface area contributed by atoms with E-state index < -0.39 is 5.56 Å². The largest absolute Gasteiger partial charge is 0.506 e. The zero-order valence-electron chi connectivity index (χ0n) is 7.77. The number of fused-ring (bicyclic) bond motifs is 1. The fourth-order valence-electron chi connectivity index (χ4n) is 1.44. The lowest BCUT2D eigenvalue weighted by atomic mass is 10.1. The number of hydrazone groups is 1. The van der Waals surface area contributed by atoms with Crippen LogP contribution in [0.15, 0.2) is 34.2 Å². The van der Waals surface area contributed by atoms with Gasteiger partial charge in [0.2, 0.25) is 0 Å². The third-order valence-corrected chi connectivity index (χ3v) is 2.13. The molecule has 0 aliphatic carbocycles. The van der Waals surface area contributed by atoms with Crippen LogP contribution < -0.4 is 11.4 Å². The van der Waals surface area contributed by atoms with Crippen molar-refractivity contribution in [3.05, 3.63) is 40.2 Å². The molecule has 15 heavy (non-hydrogen) atoms. The van der Waals surface area contributed by atoms with Crippen molar-refractivity contribution in [1.29, 1.82) is 0 Å². The highest BCUT2D eigenvalue weighted by atomic mass is 16.3. The maximum Gasteiger partial charge on any atom is 0.261 e. The smallest absolute Gasteiger partial charge is 0.261 e. The van der Waals surface area contributed by atoms with Crippen LogP contribution in [0.3, 0.4) is 0 Å². The normalized spacial score (nSPS) is 11.2. The van der Waals surface area contributed by atoms with Crippen molar-refractivity contribution in [2.45, 2.75) is 0 Å². The van der Waals surface area contributed by atoms with Crippen LogP contribution in [0.5, 0.6) is 5.75 Å². The second-order valence-corrected chi connectivity index (χ2v) is 3.04. The first-order valence-corrected chi connectivity index (χ1v) is 4.31. The van der Waals surface area contributed by atoms with Gasteiger partial charge in [-0.15, -0.1) is 0 Å². The second-order valence-electron chi connectivity index (χ2n) is 3.04. The number of hydrogen-bond acceptors (Lipinski definition) is 4. The summed E-state index contributed by atoms with van der Waals surface area (Å²) in [6.07, 6.45) is 1.13. The molecule has 0 unspecified atom stereocenters. The number of nitrogens with zero attached hydrogens (tertiary/aromatic N) is 1. The first-order chi connectivity index (χ1) is 7.24. The lowest BCUT2D eigenvalue weighted by Crippen LogP contribution is -2.12. The molecule has 0 fully saturated rings. The van der Waals surface area contributed by atoms with Crippen molar-refractivity contribution in [2.75, 3.05) is 0 Å². The van der Waals surface area contributed by atoms with E-state index in [1.54, 1.807) is 24.3 Å². The molecule has 4 N–H and O–H groups in total. The van der Waals surface area contributed by atoms with E-state index in [9.17, 15) is 9.90 Å². The average Bonchev–Trinajstić information content (AvgIpc) is 2.24. The number of aromatic hydroxyl groups is 1. The van der Waals surface area contributed by atoms with E-state index in [1.807, 2.05) is 0 Å². The molecule has 1 aromatic heterocycles. The molecule has 76 valence electrons. The van der Waals surface area contributed by atoms with Gasteiger partial charge >= 0.3 is 0 Å². The summed E-state index contributed by atoms with van der Waals surface area (Å²) in [6.45, 7) is 0. The van der Waals surface area contributed by atoms with E-state index in [1.165, 1.54) is 0 Å². The van der Waals surface area contributed by atoms with E-state index in [4.69, 9.17) is 5.84 Å². The summed E-state index contributed by atoms with van der Waals surface area (Å²) in [5.74, 6) is 4.84. The number of para-hydroxylation sites is 1. The molecule has 0 radical (unpaired) electrons. The SMILES string of the molecule is N/N=C\c1c(O)c2ccccc2[nH]c1=O. The van der Waals surface area contributed by atoms with Crippen molar-refractivity contribution >= 4 is 17.1 Å². The Morgan fingerprint density at radius 1 is 1.40 bits per heavy atom. The third kappa shape index (κ3) is 1.43. The third-order valence-electron chi connectivity index (χ3n) is 2.13. The van der Waals surface area contributed by atoms with Crippen LogP contribution in [0.1, 0.15) is 5.56 Å². The van der Waals surface area contributed by atoms with Gasteiger partial charge < -0.3 is 15.9 Å². The van der Waals surface area contributed by atoms with Gasteiger partial charge in [0, 0.05) is 5.39 Å². The Labute approximate surface area is 84.9 Å². The van der Waals surface area contributed by atoms with E-state index in [2.05, 4.69) is 10.1 Å². The minimum atomic E-state index is -0.416. The number of benzene rings is 1. The molecule has 2 aromatic rings. The molecule has 2 rings (SSSR count). The van der Waals surface area contributed by atoms with Crippen LogP contribution >= 0.6 is 0 Å². The van der Waals surface area contributed by atoms with Crippen molar-refractivity contribution in [3.63, 3.8) is 0 Å². The molecule has 0 aliphatic rings. The summed E-state index contributed by atoms with van der Waals surface area (Å²) in [4.78, 5) is 14.1. The molecule has 0 amide bonds. The Balaban J connectivity index is 2.90. The number of nitrogens with one attached hydrogen (secondary N) is 1. The molecule has 0 saturated heterocycles. The predicted molar refractivity (Wildman–Crippen MR) is 58.0 cm³/mol. The summed E-state index contributed by atoms with van der Waals surface area (Å²) in [7, 11) is 0. The van der Waals surface area contributed by atoms with Crippen LogP contribution in [0.4, 0.5) is 0 Å². The van der Waals surface area contributed by atoms with Crippen LogP contribution in [0.2, 0.25) is 0 Å². The summed E-state index contributed by atoms with van der Waals surface area (Å²) < 4.78 is 0. The zero-order valence-corrected chi connectivity index (χ0v) is 7.77. The molecule has 1 aromatic carbocycles. The van der Waals surface area contributed by atoms with Crippen LogP contribution in [-0.2, 0) is 0 Å². The first-order valence-electron chi connectivity index (χ1n) is 4.31. The van der Waals surface area contributed by atoms with Gasteiger partial charge in [-0.25, -0.2) is 0 Å². The molecule has 5 nitrogen and oxygen atoms in total. The molecule has 0 atom stereocenters. The van der Waals surface area contributed by atoms with Crippen molar-refractivity contribution in [2.24, 2.45) is 10.9 Å². The minimum absolute atomic E-state index is 0.0659. The Bertz CT molecular complexity index is 587. The Kier molecular flexibility index (Phi) is 2.13. The molecule has 0 bridgehead atoms. The number of aromatic nitrogens is 1. The Morgan fingerprint density at radius 2 is 2.13 bits per heavy atom. The van der Waals surface area contributed by atoms with Gasteiger partial charge in [-0.2, -0.15) is 5.10 Å². The maximum absolute atomic E-state index is 11.5. The highest BCUT2D eigenvalue weighted by Crippen LogP contribution is 2.22. The first kappa shape index (κ1) is 9.26. The lowest BCUT2D eigenvalue weighted by Gasteiger charge is -2.02. The van der Waals surface area contributed by atoms with E-state index in [-0.39, 0.29) is 11.3 Å². The Morgan fingerprint density at radius 3 is 2.87 bits per heavy atom. The highest BCUT2D eigenvalue weighted by molar-refractivity contribution is 5.94. The summed E-state index contributed by atoms with van der Waals surface area (Å²) >= 11 is 0. The molecule has 5 heteroatoms. The lowest BCUT2D eigenvalue weighted by molar-refractivity contribution is 0.479. The van der Waals surface area contributed by atoms with Gasteiger partial charge in [-0.05, 0) is 12.1 Å². The standard InChI is InChI=1S/C10H9N3O2/c11-12-5-7-9(14)6-3-1-2-4-8(6)13-10(7)15/h1-5H,11H2,(H2,13,14,15)/b12-5-. The van der Waals surface area contributed by atoms with Gasteiger partial charge in [0.15, 0.2) is 0 Å². The molecular weight excluding hydrogens is 194 g/mol. The topological polar surface area (TPSA) is 91.5 Å². The molecular formula is C10H9N3O2. The van der Waals surface area contributed by atoms with Gasteiger partial charge in [0.05, 0.1) is 11.7 Å². The number of aromatic amines is 1. The number of nitrogens with two attached hydrogens (primary N) is 1. The molecule has 1 heterocycles.